The number of nitrogens with one attached hydrogen (secondary N) is 2. The van der Waals surface area contributed by atoms with Crippen LogP contribution in [0.5, 0.6) is 11.5 Å². The molecule has 0 heterocycles. The van der Waals surface area contributed by atoms with Gasteiger partial charge in [0.2, 0.25) is 0 Å². The van der Waals surface area contributed by atoms with E-state index in [9.17, 15) is 14.9 Å². The molecule has 37 heavy (non-hydrogen) atoms. The van der Waals surface area contributed by atoms with Crippen molar-refractivity contribution in [2.75, 3.05) is 23.8 Å². The SMILES string of the molecule is CCOc1cc(/C=C(\C#N)C(=O)Nc2cccc(C)c2C)cc(Cl)c1OCC(=O)Nc1cccc(C)c1. The second-order valence-electron chi connectivity index (χ2n) is 8.34. The van der Waals surface area contributed by atoms with Crippen molar-refractivity contribution < 1.29 is 19.1 Å². The van der Waals surface area contributed by atoms with Crippen LogP contribution in [-0.4, -0.2) is 25.0 Å². The molecule has 0 aliphatic rings. The zero-order valence-electron chi connectivity index (χ0n) is 21.1. The van der Waals surface area contributed by atoms with E-state index in [0.717, 1.165) is 16.7 Å². The van der Waals surface area contributed by atoms with E-state index in [1.807, 2.05) is 57.2 Å². The number of anilines is 2. The first-order valence-corrected chi connectivity index (χ1v) is 12.0. The molecule has 0 atom stereocenters. The van der Waals surface area contributed by atoms with Gasteiger partial charge < -0.3 is 20.1 Å². The smallest absolute Gasteiger partial charge is 0.266 e. The summed E-state index contributed by atoms with van der Waals surface area (Å²) in [4.78, 5) is 25.2. The molecule has 0 aliphatic carbocycles. The number of ether oxygens (including phenoxy) is 2. The average molecular weight is 518 g/mol. The number of benzene rings is 3. The van der Waals surface area contributed by atoms with Crippen molar-refractivity contribution in [2.24, 2.45) is 0 Å². The highest BCUT2D eigenvalue weighted by Gasteiger charge is 2.16. The van der Waals surface area contributed by atoms with Crippen LogP contribution in [0.4, 0.5) is 11.4 Å². The van der Waals surface area contributed by atoms with Crippen LogP contribution < -0.4 is 20.1 Å². The van der Waals surface area contributed by atoms with Crippen LogP contribution in [0, 0.1) is 32.1 Å². The largest absolute Gasteiger partial charge is 0.490 e. The predicted octanol–water partition coefficient (Wildman–Crippen LogP) is 6.23. The minimum Gasteiger partial charge on any atom is -0.490 e. The maximum atomic E-state index is 12.8. The topological polar surface area (TPSA) is 100 Å². The van der Waals surface area contributed by atoms with E-state index in [-0.39, 0.29) is 34.6 Å². The highest BCUT2D eigenvalue weighted by atomic mass is 35.5. The fraction of sp³-hybridized carbons (Fsp3) is 0.207. The Morgan fingerprint density at radius 1 is 1.03 bits per heavy atom. The van der Waals surface area contributed by atoms with Gasteiger partial charge in [0.15, 0.2) is 18.1 Å². The number of rotatable bonds is 9. The van der Waals surface area contributed by atoms with Gasteiger partial charge in [0.05, 0.1) is 11.6 Å². The molecular formula is C29H28ClN3O4. The van der Waals surface area contributed by atoms with Gasteiger partial charge in [0.25, 0.3) is 11.8 Å². The number of amides is 2. The van der Waals surface area contributed by atoms with Gasteiger partial charge in [-0.15, -0.1) is 0 Å². The van der Waals surface area contributed by atoms with Crippen molar-refractivity contribution in [3.05, 3.63) is 87.4 Å². The predicted molar refractivity (Wildman–Crippen MR) is 146 cm³/mol. The lowest BCUT2D eigenvalue weighted by atomic mass is 10.1. The van der Waals surface area contributed by atoms with E-state index in [1.165, 1.54) is 6.08 Å². The molecule has 0 saturated heterocycles. The standard InChI is InChI=1S/C29H28ClN3O4/c1-5-36-26-15-21(13-22(16-31)29(35)33-25-11-7-9-19(3)20(25)4)14-24(30)28(26)37-17-27(34)32-23-10-6-8-18(2)12-23/h6-15H,5,17H2,1-4H3,(H,32,34)(H,33,35)/b22-13+. The van der Waals surface area contributed by atoms with Crippen molar-refractivity contribution in [3.63, 3.8) is 0 Å². The minimum absolute atomic E-state index is 0.106. The third-order valence-electron chi connectivity index (χ3n) is 5.51. The summed E-state index contributed by atoms with van der Waals surface area (Å²) in [5.74, 6) is -0.420. The molecule has 0 radical (unpaired) electrons. The lowest BCUT2D eigenvalue weighted by Crippen LogP contribution is -2.20. The zero-order valence-corrected chi connectivity index (χ0v) is 21.9. The Bertz CT molecular complexity index is 1390. The van der Waals surface area contributed by atoms with Gasteiger partial charge in [-0.25, -0.2) is 0 Å². The van der Waals surface area contributed by atoms with Gasteiger partial charge in [-0.2, -0.15) is 5.26 Å². The molecule has 190 valence electrons. The van der Waals surface area contributed by atoms with E-state index in [0.29, 0.717) is 23.5 Å². The van der Waals surface area contributed by atoms with Crippen molar-refractivity contribution >= 4 is 40.9 Å². The number of nitriles is 1. The molecule has 0 spiro atoms. The molecule has 0 aliphatic heterocycles. The Labute approximate surface area is 221 Å². The number of hydrogen-bond donors (Lipinski definition) is 2. The summed E-state index contributed by atoms with van der Waals surface area (Å²) in [6.07, 6.45) is 1.42. The number of halogens is 1. The third kappa shape index (κ3) is 7.35. The summed E-state index contributed by atoms with van der Waals surface area (Å²) >= 11 is 6.46. The third-order valence-corrected chi connectivity index (χ3v) is 5.79. The highest BCUT2D eigenvalue weighted by molar-refractivity contribution is 6.32. The van der Waals surface area contributed by atoms with Gasteiger partial charge in [0.1, 0.15) is 11.6 Å². The summed E-state index contributed by atoms with van der Waals surface area (Å²) in [5.41, 5.74) is 4.62. The van der Waals surface area contributed by atoms with Crippen molar-refractivity contribution in [1.82, 2.24) is 0 Å². The first kappa shape index (κ1) is 27.3. The number of carbonyl (C=O) groups is 2. The number of nitrogens with zero attached hydrogens (tertiary/aromatic N) is 1. The fourth-order valence-corrected chi connectivity index (χ4v) is 3.80. The normalized spacial score (nSPS) is 10.9. The lowest BCUT2D eigenvalue weighted by molar-refractivity contribution is -0.118. The number of hydrogen-bond acceptors (Lipinski definition) is 5. The first-order chi connectivity index (χ1) is 17.7. The van der Waals surface area contributed by atoms with E-state index in [4.69, 9.17) is 21.1 Å². The van der Waals surface area contributed by atoms with Crippen LogP contribution in [-0.2, 0) is 9.59 Å². The molecule has 3 aromatic rings. The van der Waals surface area contributed by atoms with Crippen molar-refractivity contribution in [1.29, 1.82) is 5.26 Å². The Hall–Kier alpha value is -4.28. The number of carbonyl (C=O) groups excluding carboxylic acids is 2. The molecule has 0 saturated carbocycles. The van der Waals surface area contributed by atoms with Crippen LogP contribution in [0.3, 0.4) is 0 Å². The van der Waals surface area contributed by atoms with Crippen molar-refractivity contribution in [2.45, 2.75) is 27.7 Å². The summed E-state index contributed by atoms with van der Waals surface area (Å²) in [6.45, 7) is 7.59. The summed E-state index contributed by atoms with van der Waals surface area (Å²) in [7, 11) is 0. The van der Waals surface area contributed by atoms with Gasteiger partial charge in [-0.1, -0.05) is 35.9 Å². The quantitative estimate of drug-likeness (QED) is 0.259. The Morgan fingerprint density at radius 2 is 1.78 bits per heavy atom. The Kier molecular flexibility index (Phi) is 9.31. The first-order valence-electron chi connectivity index (χ1n) is 11.7. The summed E-state index contributed by atoms with van der Waals surface area (Å²) in [5, 5.41) is 15.4. The average Bonchev–Trinajstić information content (AvgIpc) is 2.85. The molecular weight excluding hydrogens is 490 g/mol. The Morgan fingerprint density at radius 3 is 2.49 bits per heavy atom. The van der Waals surface area contributed by atoms with Gasteiger partial charge >= 0.3 is 0 Å². The zero-order chi connectivity index (χ0) is 26.9. The molecule has 8 heteroatoms. The Balaban J connectivity index is 1.79. The summed E-state index contributed by atoms with van der Waals surface area (Å²) < 4.78 is 11.4. The van der Waals surface area contributed by atoms with E-state index in [1.54, 1.807) is 31.2 Å². The van der Waals surface area contributed by atoms with Crippen LogP contribution in [0.25, 0.3) is 6.08 Å². The molecule has 0 fully saturated rings. The minimum atomic E-state index is -0.543. The van der Waals surface area contributed by atoms with Crippen LogP contribution in [0.15, 0.2) is 60.2 Å². The monoisotopic (exact) mass is 517 g/mol. The van der Waals surface area contributed by atoms with Gasteiger partial charge in [-0.05, 0) is 86.4 Å². The molecule has 0 unspecified atom stereocenters. The second-order valence-corrected chi connectivity index (χ2v) is 8.75. The molecule has 7 nitrogen and oxygen atoms in total. The maximum Gasteiger partial charge on any atom is 0.266 e. The number of aryl methyl sites for hydroxylation is 2. The van der Waals surface area contributed by atoms with E-state index in [2.05, 4.69) is 10.6 Å². The van der Waals surface area contributed by atoms with Gasteiger partial charge in [-0.3, -0.25) is 9.59 Å². The molecule has 3 rings (SSSR count). The van der Waals surface area contributed by atoms with Crippen LogP contribution >= 0.6 is 11.6 Å². The van der Waals surface area contributed by atoms with Crippen LogP contribution in [0.2, 0.25) is 5.02 Å². The van der Waals surface area contributed by atoms with E-state index >= 15 is 0 Å². The molecule has 0 bridgehead atoms. The molecule has 0 aromatic heterocycles. The molecule has 3 aromatic carbocycles. The molecule has 2 amide bonds. The lowest BCUT2D eigenvalue weighted by Gasteiger charge is -2.15. The highest BCUT2D eigenvalue weighted by Crippen LogP contribution is 2.37. The van der Waals surface area contributed by atoms with E-state index < -0.39 is 5.91 Å². The second kappa shape index (κ2) is 12.6. The van der Waals surface area contributed by atoms with Gasteiger partial charge in [0, 0.05) is 11.4 Å². The van der Waals surface area contributed by atoms with Crippen molar-refractivity contribution in [3.8, 4) is 17.6 Å². The molecule has 2 N–H and O–H groups in total. The summed E-state index contributed by atoms with van der Waals surface area (Å²) in [6, 6.07) is 18.1. The fourth-order valence-electron chi connectivity index (χ4n) is 3.52. The van der Waals surface area contributed by atoms with Crippen LogP contribution in [0.1, 0.15) is 29.2 Å². The maximum absolute atomic E-state index is 12.8.